The van der Waals surface area contributed by atoms with Gasteiger partial charge in [-0.1, -0.05) is 38.1 Å². The summed E-state index contributed by atoms with van der Waals surface area (Å²) in [6.07, 6.45) is 2.29. The maximum Gasteiger partial charge on any atom is 0.00547 e. The predicted molar refractivity (Wildman–Crippen MR) is 89.9 cm³/mol. The molecule has 1 N–H and O–H groups in total. The van der Waals surface area contributed by atoms with Crippen LogP contribution in [0, 0.1) is 6.92 Å². The molecule has 0 amide bonds. The van der Waals surface area contributed by atoms with Gasteiger partial charge in [0.15, 0.2) is 0 Å². The number of aryl methyl sites for hydroxylation is 2. The number of likely N-dealkylation sites (N-methyl/N-ethyl adjacent to an activating group) is 1. The summed E-state index contributed by atoms with van der Waals surface area (Å²) in [5.41, 5.74) is 2.89. The number of hydrogen-bond acceptors (Lipinski definition) is 2. The molecule has 108 valence electrons. The molecule has 2 aromatic rings. The maximum absolute atomic E-state index is 3.52. The second-order valence-corrected chi connectivity index (χ2v) is 6.54. The summed E-state index contributed by atoms with van der Waals surface area (Å²) in [5.74, 6) is 0.569. The molecule has 0 fully saturated rings. The molecule has 0 spiro atoms. The van der Waals surface area contributed by atoms with Crippen LogP contribution in [0.5, 0.6) is 0 Å². The fraction of sp³-hybridized carbons (Fsp3) is 0.444. The fourth-order valence-electron chi connectivity index (χ4n) is 2.62. The average Bonchev–Trinajstić information content (AvgIpc) is 2.92. The number of rotatable bonds is 7. The minimum absolute atomic E-state index is 0.569. The lowest BCUT2D eigenvalue weighted by Gasteiger charge is -2.19. The van der Waals surface area contributed by atoms with Crippen LogP contribution in [0.4, 0.5) is 0 Å². The summed E-state index contributed by atoms with van der Waals surface area (Å²) in [5, 5.41) is 3.52. The Kier molecular flexibility index (Phi) is 5.81. The molecule has 1 heterocycles. The Hall–Kier alpha value is -1.12. The average molecular weight is 287 g/mol. The molecule has 0 bridgehead atoms. The zero-order chi connectivity index (χ0) is 14.4. The van der Waals surface area contributed by atoms with E-state index in [1.165, 1.54) is 20.9 Å². The van der Waals surface area contributed by atoms with Gasteiger partial charge in [0, 0.05) is 22.2 Å². The van der Waals surface area contributed by atoms with Gasteiger partial charge in [0.25, 0.3) is 0 Å². The molecule has 1 nitrogen and oxygen atoms in total. The van der Waals surface area contributed by atoms with Gasteiger partial charge in [0.2, 0.25) is 0 Å². The lowest BCUT2D eigenvalue weighted by atomic mass is 9.91. The maximum atomic E-state index is 3.52. The topological polar surface area (TPSA) is 12.0 Å². The lowest BCUT2D eigenvalue weighted by molar-refractivity contribution is 0.596. The number of thiophene rings is 1. The van der Waals surface area contributed by atoms with Gasteiger partial charge in [-0.3, -0.25) is 0 Å². The van der Waals surface area contributed by atoms with Gasteiger partial charge >= 0.3 is 0 Å². The van der Waals surface area contributed by atoms with Crippen molar-refractivity contribution >= 4 is 11.3 Å². The molecule has 0 aliphatic heterocycles. The van der Waals surface area contributed by atoms with Crippen molar-refractivity contribution in [1.29, 1.82) is 0 Å². The van der Waals surface area contributed by atoms with Crippen molar-refractivity contribution in [3.8, 4) is 0 Å². The summed E-state index contributed by atoms with van der Waals surface area (Å²) in [6, 6.07) is 13.4. The van der Waals surface area contributed by atoms with E-state index in [9.17, 15) is 0 Å². The van der Waals surface area contributed by atoms with Crippen molar-refractivity contribution in [2.45, 2.75) is 39.5 Å². The number of hydrogen-bond donors (Lipinski definition) is 1. The lowest BCUT2D eigenvalue weighted by Crippen LogP contribution is -2.23. The molecule has 1 aromatic heterocycles. The van der Waals surface area contributed by atoms with Crippen molar-refractivity contribution in [2.24, 2.45) is 0 Å². The van der Waals surface area contributed by atoms with Crippen LogP contribution in [-0.2, 0) is 12.8 Å². The molecule has 0 aliphatic carbocycles. The Morgan fingerprint density at radius 1 is 1.05 bits per heavy atom. The van der Waals surface area contributed by atoms with Gasteiger partial charge in [-0.05, 0) is 49.6 Å². The number of nitrogens with one attached hydrogen (secondary N) is 1. The molecular weight excluding hydrogens is 262 g/mol. The minimum Gasteiger partial charge on any atom is -0.316 e. The summed E-state index contributed by atoms with van der Waals surface area (Å²) >= 11 is 1.97. The normalized spacial score (nSPS) is 12.6. The van der Waals surface area contributed by atoms with Crippen LogP contribution < -0.4 is 5.32 Å². The van der Waals surface area contributed by atoms with Crippen molar-refractivity contribution in [3.63, 3.8) is 0 Å². The summed E-state index contributed by atoms with van der Waals surface area (Å²) in [6.45, 7) is 8.72. The minimum atomic E-state index is 0.569. The third kappa shape index (κ3) is 3.94. The van der Waals surface area contributed by atoms with Crippen LogP contribution in [0.15, 0.2) is 36.4 Å². The third-order valence-corrected chi connectivity index (χ3v) is 5.03. The molecule has 2 heteroatoms. The van der Waals surface area contributed by atoms with Crippen LogP contribution in [0.3, 0.4) is 0 Å². The van der Waals surface area contributed by atoms with Crippen molar-refractivity contribution in [1.82, 2.24) is 5.32 Å². The van der Waals surface area contributed by atoms with Gasteiger partial charge < -0.3 is 5.32 Å². The van der Waals surface area contributed by atoms with E-state index in [2.05, 4.69) is 62.5 Å². The quantitative estimate of drug-likeness (QED) is 0.787. The second kappa shape index (κ2) is 7.61. The summed E-state index contributed by atoms with van der Waals surface area (Å²) < 4.78 is 0. The Morgan fingerprint density at radius 3 is 2.45 bits per heavy atom. The van der Waals surface area contributed by atoms with E-state index >= 15 is 0 Å². The third-order valence-electron chi connectivity index (χ3n) is 3.78. The van der Waals surface area contributed by atoms with Gasteiger partial charge in [-0.2, -0.15) is 0 Å². The largest absolute Gasteiger partial charge is 0.316 e. The van der Waals surface area contributed by atoms with E-state index in [0.29, 0.717) is 5.92 Å². The highest BCUT2D eigenvalue weighted by molar-refractivity contribution is 7.11. The van der Waals surface area contributed by atoms with E-state index in [1.807, 2.05) is 11.3 Å². The van der Waals surface area contributed by atoms with E-state index in [0.717, 1.165) is 25.9 Å². The second-order valence-electron chi connectivity index (χ2n) is 5.29. The Morgan fingerprint density at radius 2 is 1.80 bits per heavy atom. The van der Waals surface area contributed by atoms with Gasteiger partial charge in [-0.15, -0.1) is 11.3 Å². The SMILES string of the molecule is CCNCC(Cc1ccc(CC)s1)c1ccccc1C. The van der Waals surface area contributed by atoms with Crippen LogP contribution in [0.25, 0.3) is 0 Å². The van der Waals surface area contributed by atoms with Crippen molar-refractivity contribution in [2.75, 3.05) is 13.1 Å². The standard InChI is InChI=1S/C18H25NS/c1-4-16-10-11-17(20-16)12-15(13-19-5-2)18-9-7-6-8-14(18)3/h6-11,15,19H,4-5,12-13H2,1-3H3. The monoisotopic (exact) mass is 287 g/mol. The highest BCUT2D eigenvalue weighted by atomic mass is 32.1. The van der Waals surface area contributed by atoms with Crippen molar-refractivity contribution in [3.05, 3.63) is 57.3 Å². The fourth-order valence-corrected chi connectivity index (χ4v) is 3.66. The Balaban J connectivity index is 2.17. The molecule has 1 unspecified atom stereocenters. The van der Waals surface area contributed by atoms with Gasteiger partial charge in [0.1, 0.15) is 0 Å². The Bertz CT molecular complexity index is 530. The molecular formula is C18H25NS. The van der Waals surface area contributed by atoms with Crippen molar-refractivity contribution < 1.29 is 0 Å². The number of benzene rings is 1. The first-order valence-electron chi connectivity index (χ1n) is 7.58. The van der Waals surface area contributed by atoms with E-state index in [1.54, 1.807) is 0 Å². The molecule has 1 aromatic carbocycles. The van der Waals surface area contributed by atoms with Crippen LogP contribution in [0.1, 0.15) is 40.6 Å². The molecule has 0 saturated carbocycles. The first-order valence-corrected chi connectivity index (χ1v) is 8.40. The van der Waals surface area contributed by atoms with Crippen LogP contribution >= 0.6 is 11.3 Å². The van der Waals surface area contributed by atoms with Crippen LogP contribution in [-0.4, -0.2) is 13.1 Å². The van der Waals surface area contributed by atoms with Crippen LogP contribution in [0.2, 0.25) is 0 Å². The highest BCUT2D eigenvalue weighted by Crippen LogP contribution is 2.27. The highest BCUT2D eigenvalue weighted by Gasteiger charge is 2.15. The molecule has 0 saturated heterocycles. The summed E-state index contributed by atoms with van der Waals surface area (Å²) in [4.78, 5) is 3.00. The predicted octanol–water partition coefficient (Wildman–Crippen LogP) is 4.55. The molecule has 0 radical (unpaired) electrons. The van der Waals surface area contributed by atoms with E-state index < -0.39 is 0 Å². The summed E-state index contributed by atoms with van der Waals surface area (Å²) in [7, 11) is 0. The zero-order valence-corrected chi connectivity index (χ0v) is 13.6. The molecule has 20 heavy (non-hydrogen) atoms. The first kappa shape index (κ1) is 15.3. The Labute approximate surface area is 127 Å². The zero-order valence-electron chi connectivity index (χ0n) is 12.8. The first-order chi connectivity index (χ1) is 9.74. The smallest absolute Gasteiger partial charge is 0.00547 e. The van der Waals surface area contributed by atoms with E-state index in [4.69, 9.17) is 0 Å². The van der Waals surface area contributed by atoms with E-state index in [-0.39, 0.29) is 0 Å². The molecule has 0 aliphatic rings. The van der Waals surface area contributed by atoms with Gasteiger partial charge in [-0.25, -0.2) is 0 Å². The van der Waals surface area contributed by atoms with Gasteiger partial charge in [0.05, 0.1) is 0 Å². The molecule has 1 atom stereocenters. The molecule has 2 rings (SSSR count).